The summed E-state index contributed by atoms with van der Waals surface area (Å²) in [6, 6.07) is 0. The first-order chi connectivity index (χ1) is 7.27. The van der Waals surface area contributed by atoms with Crippen LogP contribution in [0.15, 0.2) is 0 Å². The van der Waals surface area contributed by atoms with Gasteiger partial charge in [0.15, 0.2) is 0 Å². The smallest absolute Gasteiger partial charge is 0.389 e. The van der Waals surface area contributed by atoms with Gasteiger partial charge in [0.2, 0.25) is 0 Å². The monoisotopic (exact) mass is 243 g/mol. The van der Waals surface area contributed by atoms with Gasteiger partial charge in [0.05, 0.1) is 12.2 Å². The summed E-state index contributed by atoms with van der Waals surface area (Å²) in [6.45, 7) is 3.08. The van der Waals surface area contributed by atoms with E-state index >= 15 is 0 Å². The van der Waals surface area contributed by atoms with Crippen molar-refractivity contribution in [2.75, 3.05) is 26.3 Å². The Labute approximate surface area is 94.0 Å². The van der Waals surface area contributed by atoms with Gasteiger partial charge in [-0.2, -0.15) is 13.2 Å². The van der Waals surface area contributed by atoms with Gasteiger partial charge in [-0.1, -0.05) is 13.3 Å². The summed E-state index contributed by atoms with van der Waals surface area (Å²) in [5, 5.41) is 12.6. The fourth-order valence-corrected chi connectivity index (χ4v) is 1.32. The summed E-state index contributed by atoms with van der Waals surface area (Å²) in [4.78, 5) is 0. The van der Waals surface area contributed by atoms with Gasteiger partial charge in [0.25, 0.3) is 0 Å². The lowest BCUT2D eigenvalue weighted by Crippen LogP contribution is -2.39. The molecule has 0 saturated heterocycles. The Bertz CT molecular complexity index is 183. The zero-order valence-electron chi connectivity index (χ0n) is 9.73. The van der Waals surface area contributed by atoms with Crippen molar-refractivity contribution in [2.24, 2.45) is 0 Å². The van der Waals surface area contributed by atoms with E-state index < -0.39 is 18.4 Å². The predicted molar refractivity (Wildman–Crippen MR) is 55.3 cm³/mol. The second-order valence-corrected chi connectivity index (χ2v) is 4.09. The van der Waals surface area contributed by atoms with Crippen LogP contribution in [0.25, 0.3) is 0 Å². The number of ether oxygens (including phenoxy) is 1. The van der Waals surface area contributed by atoms with E-state index in [-0.39, 0.29) is 6.61 Å². The third kappa shape index (κ3) is 10.2. The van der Waals surface area contributed by atoms with Gasteiger partial charge in [0.1, 0.15) is 6.61 Å². The molecule has 3 nitrogen and oxygen atoms in total. The number of nitrogens with one attached hydrogen (secondary N) is 1. The van der Waals surface area contributed by atoms with Gasteiger partial charge in [-0.05, 0) is 13.3 Å². The minimum Gasteiger partial charge on any atom is -0.389 e. The normalized spacial score (nSPS) is 16.1. The number of halogens is 3. The first-order valence-corrected chi connectivity index (χ1v) is 5.34. The van der Waals surface area contributed by atoms with Gasteiger partial charge in [-0.3, -0.25) is 0 Å². The van der Waals surface area contributed by atoms with Gasteiger partial charge in [-0.25, -0.2) is 0 Å². The molecule has 0 saturated carbocycles. The highest BCUT2D eigenvalue weighted by Gasteiger charge is 2.27. The maximum atomic E-state index is 11.7. The summed E-state index contributed by atoms with van der Waals surface area (Å²) in [5.74, 6) is 0. The van der Waals surface area contributed by atoms with Gasteiger partial charge in [-0.15, -0.1) is 0 Å². The van der Waals surface area contributed by atoms with Crippen molar-refractivity contribution in [1.82, 2.24) is 5.32 Å². The lowest BCUT2D eigenvalue weighted by atomic mass is 10.0. The van der Waals surface area contributed by atoms with Crippen LogP contribution in [0.5, 0.6) is 0 Å². The molecule has 1 unspecified atom stereocenters. The predicted octanol–water partition coefficient (Wildman–Crippen LogP) is 1.71. The largest absolute Gasteiger partial charge is 0.411 e. The molecule has 0 amide bonds. The van der Waals surface area contributed by atoms with Crippen molar-refractivity contribution < 1.29 is 23.0 Å². The van der Waals surface area contributed by atoms with Gasteiger partial charge >= 0.3 is 6.18 Å². The molecule has 98 valence electrons. The van der Waals surface area contributed by atoms with E-state index in [1.54, 1.807) is 6.92 Å². The average Bonchev–Trinajstić information content (AvgIpc) is 2.09. The highest BCUT2D eigenvalue weighted by molar-refractivity contribution is 4.74. The molecule has 0 aromatic heterocycles. The molecule has 0 aliphatic heterocycles. The van der Waals surface area contributed by atoms with Crippen LogP contribution in [0.4, 0.5) is 13.2 Å². The highest BCUT2D eigenvalue weighted by atomic mass is 19.4. The van der Waals surface area contributed by atoms with E-state index in [0.717, 1.165) is 6.42 Å². The van der Waals surface area contributed by atoms with Gasteiger partial charge in [0, 0.05) is 13.1 Å². The van der Waals surface area contributed by atoms with E-state index in [0.29, 0.717) is 19.5 Å². The quantitative estimate of drug-likeness (QED) is 0.638. The first-order valence-electron chi connectivity index (χ1n) is 5.34. The molecule has 0 radical (unpaired) electrons. The topological polar surface area (TPSA) is 41.5 Å². The summed E-state index contributed by atoms with van der Waals surface area (Å²) in [6.07, 6.45) is -2.75. The summed E-state index contributed by atoms with van der Waals surface area (Å²) >= 11 is 0. The fourth-order valence-electron chi connectivity index (χ4n) is 1.32. The molecule has 0 aromatic carbocycles. The SMILES string of the molecule is CCCC(C)(O)CNCCOCC(F)(F)F. The maximum absolute atomic E-state index is 11.7. The molecule has 0 aliphatic carbocycles. The van der Waals surface area contributed by atoms with Crippen LogP contribution in [-0.2, 0) is 4.74 Å². The molecular weight excluding hydrogens is 223 g/mol. The zero-order valence-corrected chi connectivity index (χ0v) is 9.73. The van der Waals surface area contributed by atoms with Crippen LogP contribution in [0, 0.1) is 0 Å². The molecule has 0 bridgehead atoms. The molecule has 0 spiro atoms. The van der Waals surface area contributed by atoms with Crippen LogP contribution in [0.1, 0.15) is 26.7 Å². The second-order valence-electron chi connectivity index (χ2n) is 4.09. The van der Waals surface area contributed by atoms with E-state index in [1.165, 1.54) is 0 Å². The van der Waals surface area contributed by atoms with E-state index in [2.05, 4.69) is 10.1 Å². The Hall–Kier alpha value is -0.330. The molecule has 0 rings (SSSR count). The molecule has 2 N–H and O–H groups in total. The third-order valence-electron chi connectivity index (χ3n) is 1.98. The van der Waals surface area contributed by atoms with Crippen LogP contribution in [0.2, 0.25) is 0 Å². The second kappa shape index (κ2) is 7.09. The molecule has 6 heteroatoms. The number of alkyl halides is 3. The molecule has 16 heavy (non-hydrogen) atoms. The minimum atomic E-state index is -4.27. The summed E-state index contributed by atoms with van der Waals surface area (Å²) in [7, 11) is 0. The fraction of sp³-hybridized carbons (Fsp3) is 1.00. The first kappa shape index (κ1) is 15.7. The average molecular weight is 243 g/mol. The molecule has 0 aromatic rings. The van der Waals surface area contributed by atoms with Crippen molar-refractivity contribution in [2.45, 2.75) is 38.5 Å². The Kier molecular flexibility index (Phi) is 6.94. The van der Waals surface area contributed by atoms with Crippen LogP contribution in [-0.4, -0.2) is 43.2 Å². The Morgan fingerprint density at radius 1 is 1.31 bits per heavy atom. The van der Waals surface area contributed by atoms with Crippen molar-refractivity contribution in [3.8, 4) is 0 Å². The Balaban J connectivity index is 3.40. The molecular formula is C10H20F3NO2. The van der Waals surface area contributed by atoms with E-state index in [9.17, 15) is 18.3 Å². The molecule has 0 heterocycles. The van der Waals surface area contributed by atoms with Crippen molar-refractivity contribution in [3.05, 3.63) is 0 Å². The lowest BCUT2D eigenvalue weighted by Gasteiger charge is -2.23. The van der Waals surface area contributed by atoms with Crippen molar-refractivity contribution in [1.29, 1.82) is 0 Å². The van der Waals surface area contributed by atoms with Crippen LogP contribution >= 0.6 is 0 Å². The van der Waals surface area contributed by atoms with E-state index in [1.807, 2.05) is 6.92 Å². The summed E-state index contributed by atoms with van der Waals surface area (Å²) < 4.78 is 39.4. The van der Waals surface area contributed by atoms with Gasteiger partial charge < -0.3 is 15.2 Å². The number of hydrogen-bond donors (Lipinski definition) is 2. The highest BCUT2D eigenvalue weighted by Crippen LogP contribution is 2.14. The van der Waals surface area contributed by atoms with Crippen LogP contribution in [0.3, 0.4) is 0 Å². The maximum Gasteiger partial charge on any atom is 0.411 e. The van der Waals surface area contributed by atoms with Crippen molar-refractivity contribution >= 4 is 0 Å². The van der Waals surface area contributed by atoms with Crippen molar-refractivity contribution in [3.63, 3.8) is 0 Å². The standard InChI is InChI=1S/C10H20F3NO2/c1-3-4-9(2,15)7-14-5-6-16-8-10(11,12)13/h14-15H,3-8H2,1-2H3. The third-order valence-corrected chi connectivity index (χ3v) is 1.98. The Morgan fingerprint density at radius 2 is 1.94 bits per heavy atom. The van der Waals surface area contributed by atoms with Crippen LogP contribution < -0.4 is 5.32 Å². The summed E-state index contributed by atoms with van der Waals surface area (Å²) in [5.41, 5.74) is -0.807. The van der Waals surface area contributed by atoms with E-state index in [4.69, 9.17) is 0 Å². The number of aliphatic hydroxyl groups is 1. The zero-order chi connectivity index (χ0) is 12.7. The molecule has 0 fully saturated rings. The number of rotatable bonds is 8. The minimum absolute atomic E-state index is 0.0122. The molecule has 0 aliphatic rings. The lowest BCUT2D eigenvalue weighted by molar-refractivity contribution is -0.173. The Morgan fingerprint density at radius 3 is 2.44 bits per heavy atom. The molecule has 1 atom stereocenters. The number of hydrogen-bond acceptors (Lipinski definition) is 3.